The Morgan fingerprint density at radius 1 is 1.42 bits per heavy atom. The summed E-state index contributed by atoms with van der Waals surface area (Å²) in [4.78, 5) is 13.3. The van der Waals surface area contributed by atoms with E-state index in [2.05, 4.69) is 0 Å². The molecular formula is C18H22N2O4. The number of benzene rings is 1. The number of primary amides is 1. The highest BCUT2D eigenvalue weighted by atomic mass is 16.5. The number of carbonyl (C=O) groups excluding carboxylic acids is 1. The fourth-order valence-electron chi connectivity index (χ4n) is 3.05. The number of rotatable bonds is 7. The van der Waals surface area contributed by atoms with E-state index in [1.165, 1.54) is 0 Å². The number of carbonyl (C=O) groups is 1. The van der Waals surface area contributed by atoms with E-state index in [9.17, 15) is 4.79 Å². The van der Waals surface area contributed by atoms with Crippen LogP contribution in [0.3, 0.4) is 0 Å². The van der Waals surface area contributed by atoms with Crippen molar-refractivity contribution in [2.24, 2.45) is 5.73 Å². The van der Waals surface area contributed by atoms with Crippen LogP contribution in [0, 0.1) is 0 Å². The van der Waals surface area contributed by atoms with E-state index in [4.69, 9.17) is 19.6 Å². The van der Waals surface area contributed by atoms with Crippen LogP contribution < -0.4 is 15.2 Å². The second-order valence-electron chi connectivity index (χ2n) is 6.10. The lowest BCUT2D eigenvalue weighted by molar-refractivity contribution is -0.119. The van der Waals surface area contributed by atoms with Gasteiger partial charge in [-0.15, -0.1) is 0 Å². The second-order valence-corrected chi connectivity index (χ2v) is 6.10. The molecule has 0 fully saturated rings. The monoisotopic (exact) mass is 330 g/mol. The zero-order valence-electron chi connectivity index (χ0n) is 14.0. The van der Waals surface area contributed by atoms with Gasteiger partial charge in [-0.25, -0.2) is 0 Å². The molecule has 2 aromatic rings. The van der Waals surface area contributed by atoms with Crippen molar-refractivity contribution in [2.75, 3.05) is 13.7 Å². The number of amides is 1. The summed E-state index contributed by atoms with van der Waals surface area (Å²) in [6, 6.07) is 7.71. The normalized spacial score (nSPS) is 16.0. The van der Waals surface area contributed by atoms with Gasteiger partial charge >= 0.3 is 0 Å². The molecule has 1 aromatic heterocycles. The predicted octanol–water partition coefficient (Wildman–Crippen LogP) is 2.10. The van der Waals surface area contributed by atoms with Crippen LogP contribution in [0.25, 0.3) is 0 Å². The number of nitrogens with two attached hydrogens (primary N) is 1. The minimum Gasteiger partial charge on any atom is -0.496 e. The number of furan rings is 1. The van der Waals surface area contributed by atoms with E-state index in [1.54, 1.807) is 13.4 Å². The van der Waals surface area contributed by atoms with Gasteiger partial charge in [-0.05, 0) is 31.2 Å². The molecule has 24 heavy (non-hydrogen) atoms. The van der Waals surface area contributed by atoms with Gasteiger partial charge in [0.15, 0.2) is 0 Å². The summed E-state index contributed by atoms with van der Waals surface area (Å²) in [6.07, 6.45) is 2.66. The maximum absolute atomic E-state index is 11.4. The number of hydrogen-bond acceptors (Lipinski definition) is 5. The molecule has 128 valence electrons. The fourth-order valence-corrected chi connectivity index (χ4v) is 3.05. The Balaban J connectivity index is 1.83. The largest absolute Gasteiger partial charge is 0.496 e. The van der Waals surface area contributed by atoms with Crippen molar-refractivity contribution in [1.82, 2.24) is 4.90 Å². The first kappa shape index (κ1) is 16.4. The summed E-state index contributed by atoms with van der Waals surface area (Å²) < 4.78 is 16.7. The van der Waals surface area contributed by atoms with Gasteiger partial charge in [0.05, 0.1) is 26.5 Å². The average molecular weight is 330 g/mol. The lowest BCUT2D eigenvalue weighted by Crippen LogP contribution is -2.33. The third kappa shape index (κ3) is 3.71. The summed E-state index contributed by atoms with van der Waals surface area (Å²) in [5.41, 5.74) is 7.49. The summed E-state index contributed by atoms with van der Waals surface area (Å²) in [7, 11) is 1.65. The SMILES string of the molecule is COc1cc2c(cc1CN(CC(N)=O)Cc1ccco1)O[C@H](C)C2. The van der Waals surface area contributed by atoms with E-state index < -0.39 is 0 Å². The van der Waals surface area contributed by atoms with Gasteiger partial charge in [0, 0.05) is 24.1 Å². The molecule has 1 amide bonds. The van der Waals surface area contributed by atoms with Crippen molar-refractivity contribution in [3.05, 3.63) is 47.4 Å². The first-order valence-corrected chi connectivity index (χ1v) is 7.94. The van der Waals surface area contributed by atoms with Crippen molar-refractivity contribution >= 4 is 5.91 Å². The quantitative estimate of drug-likeness (QED) is 0.841. The number of fused-ring (bicyclic) bond motifs is 1. The number of nitrogens with zero attached hydrogens (tertiary/aromatic N) is 1. The predicted molar refractivity (Wildman–Crippen MR) is 88.8 cm³/mol. The Morgan fingerprint density at radius 2 is 2.25 bits per heavy atom. The molecule has 0 saturated heterocycles. The molecule has 3 rings (SSSR count). The first-order valence-electron chi connectivity index (χ1n) is 7.94. The number of hydrogen-bond donors (Lipinski definition) is 1. The van der Waals surface area contributed by atoms with Gasteiger partial charge in [-0.3, -0.25) is 9.69 Å². The van der Waals surface area contributed by atoms with E-state index in [1.807, 2.05) is 36.1 Å². The summed E-state index contributed by atoms with van der Waals surface area (Å²) in [6.45, 7) is 3.19. The zero-order chi connectivity index (χ0) is 17.1. The Labute approximate surface area is 141 Å². The Bertz CT molecular complexity index is 712. The molecule has 1 atom stereocenters. The van der Waals surface area contributed by atoms with Gasteiger partial charge in [-0.1, -0.05) is 0 Å². The summed E-state index contributed by atoms with van der Waals surface area (Å²) in [5, 5.41) is 0. The van der Waals surface area contributed by atoms with Crippen LogP contribution >= 0.6 is 0 Å². The maximum atomic E-state index is 11.4. The van der Waals surface area contributed by atoms with Crippen LogP contribution in [-0.2, 0) is 24.3 Å². The third-order valence-corrected chi connectivity index (χ3v) is 4.03. The van der Waals surface area contributed by atoms with Crippen molar-refractivity contribution in [3.63, 3.8) is 0 Å². The standard InChI is InChI=1S/C18H22N2O4/c1-12-6-13-7-16(22-2)14(8-17(13)24-12)9-20(11-18(19)21)10-15-4-3-5-23-15/h3-5,7-8,12H,6,9-11H2,1-2H3,(H2,19,21)/t12-/m1/s1. The van der Waals surface area contributed by atoms with Gasteiger partial charge in [0.2, 0.25) is 5.91 Å². The average Bonchev–Trinajstić information content (AvgIpc) is 3.13. The molecule has 0 unspecified atom stereocenters. The van der Waals surface area contributed by atoms with Crippen LogP contribution in [0.2, 0.25) is 0 Å². The number of methoxy groups -OCH3 is 1. The molecule has 1 aliphatic rings. The Morgan fingerprint density at radius 3 is 2.92 bits per heavy atom. The molecule has 0 bridgehead atoms. The lowest BCUT2D eigenvalue weighted by atomic mass is 10.1. The second kappa shape index (κ2) is 6.97. The fraction of sp³-hybridized carbons (Fsp3) is 0.389. The molecule has 0 saturated carbocycles. The molecule has 6 nitrogen and oxygen atoms in total. The summed E-state index contributed by atoms with van der Waals surface area (Å²) >= 11 is 0. The third-order valence-electron chi connectivity index (χ3n) is 4.03. The topological polar surface area (TPSA) is 77.9 Å². The molecular weight excluding hydrogens is 308 g/mol. The summed E-state index contributed by atoms with van der Waals surface area (Å²) in [5.74, 6) is 2.07. The maximum Gasteiger partial charge on any atom is 0.231 e. The Hall–Kier alpha value is -2.47. The van der Waals surface area contributed by atoms with E-state index in [-0.39, 0.29) is 18.6 Å². The van der Waals surface area contributed by atoms with Crippen molar-refractivity contribution < 1.29 is 18.7 Å². The van der Waals surface area contributed by atoms with Gasteiger partial charge in [0.1, 0.15) is 23.4 Å². The molecule has 0 aliphatic carbocycles. The minimum atomic E-state index is -0.383. The molecule has 2 N–H and O–H groups in total. The van der Waals surface area contributed by atoms with E-state index in [0.29, 0.717) is 13.1 Å². The molecule has 1 aromatic carbocycles. The van der Waals surface area contributed by atoms with Crippen molar-refractivity contribution in [1.29, 1.82) is 0 Å². The zero-order valence-corrected chi connectivity index (χ0v) is 14.0. The molecule has 0 radical (unpaired) electrons. The highest BCUT2D eigenvalue weighted by Gasteiger charge is 2.23. The highest BCUT2D eigenvalue weighted by Crippen LogP contribution is 2.35. The highest BCUT2D eigenvalue weighted by molar-refractivity contribution is 5.75. The van der Waals surface area contributed by atoms with Gasteiger partial charge in [0.25, 0.3) is 0 Å². The molecule has 2 heterocycles. The minimum absolute atomic E-state index is 0.137. The van der Waals surface area contributed by atoms with Crippen LogP contribution in [0.4, 0.5) is 0 Å². The number of ether oxygens (including phenoxy) is 2. The molecule has 0 spiro atoms. The van der Waals surface area contributed by atoms with Crippen LogP contribution in [0.5, 0.6) is 11.5 Å². The van der Waals surface area contributed by atoms with Gasteiger partial charge < -0.3 is 19.6 Å². The Kier molecular flexibility index (Phi) is 4.76. The van der Waals surface area contributed by atoms with Crippen LogP contribution in [0.1, 0.15) is 23.8 Å². The van der Waals surface area contributed by atoms with Crippen molar-refractivity contribution in [3.8, 4) is 11.5 Å². The van der Waals surface area contributed by atoms with Crippen LogP contribution in [0.15, 0.2) is 34.9 Å². The van der Waals surface area contributed by atoms with Crippen LogP contribution in [-0.4, -0.2) is 30.6 Å². The first-order chi connectivity index (χ1) is 11.5. The smallest absolute Gasteiger partial charge is 0.231 e. The van der Waals surface area contributed by atoms with Gasteiger partial charge in [-0.2, -0.15) is 0 Å². The van der Waals surface area contributed by atoms with Crippen molar-refractivity contribution in [2.45, 2.75) is 32.5 Å². The molecule has 6 heteroatoms. The van der Waals surface area contributed by atoms with E-state index >= 15 is 0 Å². The lowest BCUT2D eigenvalue weighted by Gasteiger charge is -2.21. The van der Waals surface area contributed by atoms with E-state index in [0.717, 1.165) is 34.8 Å². The molecule has 1 aliphatic heterocycles.